The molecule has 1 atom stereocenters. The number of ether oxygens (including phenoxy) is 1. The van der Waals surface area contributed by atoms with Crippen molar-refractivity contribution in [2.24, 2.45) is 0 Å². The molecule has 0 bridgehead atoms. The van der Waals surface area contributed by atoms with Crippen LogP contribution in [0.15, 0.2) is 53.3 Å². The summed E-state index contributed by atoms with van der Waals surface area (Å²) in [5.74, 6) is -0.306. The van der Waals surface area contributed by atoms with Crippen LogP contribution >= 0.6 is 15.9 Å². The molecule has 0 aliphatic rings. The number of carbonyl (C=O) groups is 1. The molecular formula is C19H21BrN2O2. The van der Waals surface area contributed by atoms with Crippen molar-refractivity contribution in [3.8, 4) is 6.07 Å². The largest absolute Gasteiger partial charge is 0.469 e. The zero-order valence-corrected chi connectivity index (χ0v) is 15.7. The second-order valence-electron chi connectivity index (χ2n) is 5.54. The number of esters is 1. The van der Waals surface area contributed by atoms with Crippen molar-refractivity contribution in [1.82, 2.24) is 4.98 Å². The van der Waals surface area contributed by atoms with E-state index in [9.17, 15) is 10.1 Å². The maximum absolute atomic E-state index is 11.1. The third-order valence-electron chi connectivity index (χ3n) is 3.61. The first-order valence-electron chi connectivity index (χ1n) is 7.53. The van der Waals surface area contributed by atoms with E-state index in [0.717, 1.165) is 5.56 Å². The van der Waals surface area contributed by atoms with E-state index in [1.165, 1.54) is 12.7 Å². The van der Waals surface area contributed by atoms with Crippen molar-refractivity contribution >= 4 is 21.9 Å². The van der Waals surface area contributed by atoms with Gasteiger partial charge in [-0.15, -0.1) is 0 Å². The number of aromatic nitrogens is 1. The van der Waals surface area contributed by atoms with E-state index in [4.69, 9.17) is 0 Å². The van der Waals surface area contributed by atoms with Crippen LogP contribution < -0.4 is 0 Å². The molecule has 0 saturated carbocycles. The lowest BCUT2D eigenvalue weighted by Gasteiger charge is -2.21. The van der Waals surface area contributed by atoms with Crippen molar-refractivity contribution in [2.75, 3.05) is 7.11 Å². The molecule has 2 aromatic rings. The summed E-state index contributed by atoms with van der Waals surface area (Å²) in [6.45, 7) is 3.89. The van der Waals surface area contributed by atoms with Crippen LogP contribution in [-0.2, 0) is 14.9 Å². The predicted octanol–water partition coefficient (Wildman–Crippen LogP) is 4.57. The number of rotatable bonds is 4. The van der Waals surface area contributed by atoms with Crippen LogP contribution in [0.5, 0.6) is 0 Å². The Morgan fingerprint density at radius 3 is 2.46 bits per heavy atom. The molecule has 0 aliphatic carbocycles. The van der Waals surface area contributed by atoms with Crippen molar-refractivity contribution < 1.29 is 9.53 Å². The van der Waals surface area contributed by atoms with Gasteiger partial charge in [0.15, 0.2) is 0 Å². The van der Waals surface area contributed by atoms with Gasteiger partial charge in [0, 0.05) is 12.6 Å². The summed E-state index contributed by atoms with van der Waals surface area (Å²) >= 11 is 3.27. The molecule has 0 radical (unpaired) electrons. The van der Waals surface area contributed by atoms with Crippen LogP contribution in [0.3, 0.4) is 0 Å². The molecule has 24 heavy (non-hydrogen) atoms. The number of nitrogens with zero attached hydrogens (tertiary/aromatic N) is 2. The van der Waals surface area contributed by atoms with E-state index in [0.29, 0.717) is 11.0 Å². The summed E-state index contributed by atoms with van der Waals surface area (Å²) in [4.78, 5) is 15.1. The molecule has 1 heterocycles. The minimum atomic E-state index is -0.709. The molecule has 0 amide bonds. The standard InChI is InChI=1S/C12H13BrN2O2.C7H8/c1-12(8-14,5-3-11(16)17-2)9-4-6-15-10(13)7-9;1-7-5-3-2-4-6-7/h4,6-7H,3,5H2,1-2H3;2-6H,1H3. The van der Waals surface area contributed by atoms with Crippen molar-refractivity contribution in [3.05, 3.63) is 64.4 Å². The number of nitriles is 1. The summed E-state index contributed by atoms with van der Waals surface area (Å²) in [7, 11) is 1.34. The van der Waals surface area contributed by atoms with Gasteiger partial charge in [-0.2, -0.15) is 5.26 Å². The Labute approximate surface area is 151 Å². The van der Waals surface area contributed by atoms with Gasteiger partial charge in [-0.3, -0.25) is 4.79 Å². The Balaban J connectivity index is 0.000000341. The highest BCUT2D eigenvalue weighted by molar-refractivity contribution is 9.10. The third-order valence-corrected chi connectivity index (χ3v) is 4.04. The fraction of sp³-hybridized carbons (Fsp3) is 0.316. The van der Waals surface area contributed by atoms with Crippen LogP contribution in [0.25, 0.3) is 0 Å². The highest BCUT2D eigenvalue weighted by Crippen LogP contribution is 2.29. The van der Waals surface area contributed by atoms with Gasteiger partial charge in [-0.1, -0.05) is 35.9 Å². The van der Waals surface area contributed by atoms with E-state index >= 15 is 0 Å². The molecule has 5 heteroatoms. The maximum atomic E-state index is 11.1. The normalized spacial score (nSPS) is 12.1. The van der Waals surface area contributed by atoms with Crippen LogP contribution in [0.2, 0.25) is 0 Å². The summed E-state index contributed by atoms with van der Waals surface area (Å²) in [6.07, 6.45) is 2.28. The van der Waals surface area contributed by atoms with Crippen LogP contribution in [0.1, 0.15) is 30.9 Å². The number of hydrogen-bond donors (Lipinski definition) is 0. The molecule has 0 fully saturated rings. The molecule has 1 aromatic carbocycles. The molecule has 0 spiro atoms. The zero-order valence-electron chi connectivity index (χ0n) is 14.1. The second-order valence-corrected chi connectivity index (χ2v) is 6.35. The number of halogens is 1. The van der Waals surface area contributed by atoms with E-state index < -0.39 is 5.41 Å². The maximum Gasteiger partial charge on any atom is 0.305 e. The van der Waals surface area contributed by atoms with Gasteiger partial charge in [0.2, 0.25) is 0 Å². The van der Waals surface area contributed by atoms with E-state index in [1.807, 2.05) is 18.2 Å². The highest BCUT2D eigenvalue weighted by Gasteiger charge is 2.27. The number of hydrogen-bond acceptors (Lipinski definition) is 4. The average molecular weight is 389 g/mol. The molecule has 126 valence electrons. The fourth-order valence-corrected chi connectivity index (χ4v) is 2.36. The lowest BCUT2D eigenvalue weighted by molar-refractivity contribution is -0.140. The number of pyridine rings is 1. The second kappa shape index (κ2) is 9.84. The topological polar surface area (TPSA) is 63.0 Å². The predicted molar refractivity (Wildman–Crippen MR) is 97.3 cm³/mol. The molecule has 4 nitrogen and oxygen atoms in total. The van der Waals surface area contributed by atoms with Crippen molar-refractivity contribution in [2.45, 2.75) is 32.1 Å². The molecule has 1 aromatic heterocycles. The first-order chi connectivity index (χ1) is 11.4. The highest BCUT2D eigenvalue weighted by atomic mass is 79.9. The van der Waals surface area contributed by atoms with Gasteiger partial charge >= 0.3 is 5.97 Å². The van der Waals surface area contributed by atoms with Crippen LogP contribution in [-0.4, -0.2) is 18.1 Å². The fourth-order valence-electron chi connectivity index (χ4n) is 2.00. The van der Waals surface area contributed by atoms with Crippen LogP contribution in [0.4, 0.5) is 0 Å². The zero-order chi connectivity index (χ0) is 18.0. The summed E-state index contributed by atoms with van der Waals surface area (Å²) in [6, 6.07) is 16.1. The molecular weight excluding hydrogens is 368 g/mol. The minimum Gasteiger partial charge on any atom is -0.469 e. The Kier molecular flexibility index (Phi) is 8.14. The SMILES string of the molecule is COC(=O)CCC(C)(C#N)c1ccnc(Br)c1.Cc1ccccc1. The molecule has 0 aliphatic heterocycles. The van der Waals surface area contributed by atoms with Gasteiger partial charge in [0.05, 0.1) is 18.6 Å². The van der Waals surface area contributed by atoms with E-state index in [2.05, 4.69) is 50.8 Å². The Bertz CT molecular complexity index is 698. The van der Waals surface area contributed by atoms with Gasteiger partial charge < -0.3 is 4.74 Å². The lowest BCUT2D eigenvalue weighted by atomic mass is 9.80. The van der Waals surface area contributed by atoms with Gasteiger partial charge in [-0.05, 0) is 53.9 Å². The number of benzene rings is 1. The van der Waals surface area contributed by atoms with Gasteiger partial charge in [0.1, 0.15) is 4.60 Å². The first kappa shape index (κ1) is 19.9. The minimum absolute atomic E-state index is 0.223. The van der Waals surface area contributed by atoms with Crippen molar-refractivity contribution in [3.63, 3.8) is 0 Å². The first-order valence-corrected chi connectivity index (χ1v) is 8.32. The molecule has 2 rings (SSSR count). The quantitative estimate of drug-likeness (QED) is 0.568. The third kappa shape index (κ3) is 6.51. The van der Waals surface area contributed by atoms with Gasteiger partial charge in [-0.25, -0.2) is 4.98 Å². The Morgan fingerprint density at radius 1 is 1.33 bits per heavy atom. The number of aryl methyl sites for hydroxylation is 1. The van der Waals surface area contributed by atoms with Crippen LogP contribution in [0, 0.1) is 18.3 Å². The summed E-state index contributed by atoms with van der Waals surface area (Å²) < 4.78 is 5.26. The smallest absolute Gasteiger partial charge is 0.305 e. The molecule has 1 unspecified atom stereocenters. The molecule has 0 saturated heterocycles. The lowest BCUT2D eigenvalue weighted by Crippen LogP contribution is -2.21. The Morgan fingerprint density at radius 2 is 2.00 bits per heavy atom. The Hall–Kier alpha value is -2.19. The summed E-state index contributed by atoms with van der Waals surface area (Å²) in [5.41, 5.74) is 1.45. The summed E-state index contributed by atoms with van der Waals surface area (Å²) in [5, 5.41) is 9.28. The van der Waals surface area contributed by atoms with E-state index in [1.54, 1.807) is 25.3 Å². The number of methoxy groups -OCH3 is 1. The average Bonchev–Trinajstić information content (AvgIpc) is 2.60. The number of carbonyl (C=O) groups excluding carboxylic acids is 1. The van der Waals surface area contributed by atoms with Crippen molar-refractivity contribution in [1.29, 1.82) is 5.26 Å². The van der Waals surface area contributed by atoms with Gasteiger partial charge in [0.25, 0.3) is 0 Å². The monoisotopic (exact) mass is 388 g/mol. The molecule has 0 N–H and O–H groups in total. The van der Waals surface area contributed by atoms with E-state index in [-0.39, 0.29) is 12.4 Å².